The summed E-state index contributed by atoms with van der Waals surface area (Å²) in [7, 11) is 0. The van der Waals surface area contributed by atoms with Gasteiger partial charge in [-0.05, 0) is 74.4 Å². The van der Waals surface area contributed by atoms with Crippen molar-refractivity contribution in [1.29, 1.82) is 0 Å². The second-order valence-corrected chi connectivity index (χ2v) is 7.57. The average molecular weight is 392 g/mol. The third-order valence-corrected chi connectivity index (χ3v) is 5.91. The van der Waals surface area contributed by atoms with Crippen LogP contribution in [0.4, 0.5) is 0 Å². The van der Waals surface area contributed by atoms with Crippen molar-refractivity contribution in [3.63, 3.8) is 0 Å². The summed E-state index contributed by atoms with van der Waals surface area (Å²) in [6.07, 6.45) is 5.54. The first-order valence-electron chi connectivity index (χ1n) is 9.63. The monoisotopic (exact) mass is 391 g/mol. The number of nitrogens with one attached hydrogen (secondary N) is 1. The summed E-state index contributed by atoms with van der Waals surface area (Å²) in [6, 6.07) is 12.7. The van der Waals surface area contributed by atoms with Crippen LogP contribution in [-0.4, -0.2) is 31.1 Å². The number of thiocarbonyl (C=S) groups is 1. The van der Waals surface area contributed by atoms with E-state index >= 15 is 0 Å². The van der Waals surface area contributed by atoms with Crippen LogP contribution in [0.3, 0.4) is 0 Å². The van der Waals surface area contributed by atoms with Crippen molar-refractivity contribution in [2.45, 2.75) is 39.4 Å². The van der Waals surface area contributed by atoms with E-state index in [0.717, 1.165) is 23.9 Å². The van der Waals surface area contributed by atoms with Gasteiger partial charge >= 0.3 is 0 Å². The number of aromatic nitrogens is 3. The summed E-state index contributed by atoms with van der Waals surface area (Å²) in [5.74, 6) is 0. The molecule has 1 fully saturated rings. The number of aryl methyl sites for hydroxylation is 1. The van der Waals surface area contributed by atoms with Gasteiger partial charge in [-0.25, -0.2) is 0 Å². The van der Waals surface area contributed by atoms with Gasteiger partial charge < -0.3 is 14.8 Å². The molecular weight excluding hydrogens is 366 g/mol. The largest absolute Gasteiger partial charge is 0.352 e. The molecule has 0 bridgehead atoms. The molecule has 1 N–H and O–H groups in total. The lowest BCUT2D eigenvalue weighted by molar-refractivity contribution is 0.329. The maximum atomic E-state index is 5.65. The Morgan fingerprint density at radius 2 is 1.89 bits per heavy atom. The van der Waals surface area contributed by atoms with Gasteiger partial charge in [0, 0.05) is 43.1 Å². The van der Waals surface area contributed by atoms with Crippen LogP contribution < -0.4 is 5.32 Å². The maximum Gasteiger partial charge on any atom is 0.170 e. The first kappa shape index (κ1) is 18.6. The second-order valence-electron chi connectivity index (χ2n) is 7.18. The lowest BCUT2D eigenvalue weighted by Gasteiger charge is -2.27. The Morgan fingerprint density at radius 3 is 2.57 bits per heavy atom. The Hall–Kier alpha value is -2.73. The van der Waals surface area contributed by atoms with Gasteiger partial charge in [0.15, 0.2) is 5.11 Å². The van der Waals surface area contributed by atoms with E-state index in [1.54, 1.807) is 0 Å². The predicted molar refractivity (Wildman–Crippen MR) is 115 cm³/mol. The third-order valence-electron chi connectivity index (χ3n) is 5.56. The second kappa shape index (κ2) is 7.72. The first-order valence-corrected chi connectivity index (χ1v) is 10.0. The highest BCUT2D eigenvalue weighted by atomic mass is 32.1. The van der Waals surface area contributed by atoms with Crippen LogP contribution in [0.15, 0.2) is 55.0 Å². The van der Waals surface area contributed by atoms with Crippen LogP contribution in [0.1, 0.15) is 47.2 Å². The Bertz CT molecular complexity index is 967. The molecule has 4 heterocycles. The molecule has 1 saturated heterocycles. The zero-order chi connectivity index (χ0) is 19.7. The van der Waals surface area contributed by atoms with Crippen molar-refractivity contribution in [2.75, 3.05) is 6.54 Å². The predicted octanol–water partition coefficient (Wildman–Crippen LogP) is 3.94. The van der Waals surface area contributed by atoms with E-state index < -0.39 is 0 Å². The van der Waals surface area contributed by atoms with Crippen molar-refractivity contribution in [3.05, 3.63) is 83.2 Å². The van der Waals surface area contributed by atoms with E-state index in [4.69, 9.17) is 12.2 Å². The molecule has 0 aliphatic carbocycles. The van der Waals surface area contributed by atoms with Crippen LogP contribution in [0.5, 0.6) is 0 Å². The zero-order valence-corrected chi connectivity index (χ0v) is 17.3. The average Bonchev–Trinajstić information content (AvgIpc) is 3.20. The number of pyridine rings is 2. The standard InChI is InChI=1S/C22H25N5S/c1-4-26-21(20(25-22(26)28)19-7-5-6-10-24-19)18-13-15(2)27(16(18)3)14-17-8-11-23-12-9-17/h5-13,20-21H,4,14H2,1-3H3,(H,25,28). The molecule has 0 radical (unpaired) electrons. The minimum absolute atomic E-state index is 0.0449. The smallest absolute Gasteiger partial charge is 0.170 e. The number of likely N-dealkylation sites (N-methyl/N-ethyl adjacent to an activating group) is 1. The van der Waals surface area contributed by atoms with Crippen LogP contribution >= 0.6 is 12.2 Å². The van der Waals surface area contributed by atoms with E-state index in [-0.39, 0.29) is 12.1 Å². The number of rotatable bonds is 5. The summed E-state index contributed by atoms with van der Waals surface area (Å²) >= 11 is 5.65. The van der Waals surface area contributed by atoms with Crippen LogP contribution in [-0.2, 0) is 6.54 Å². The van der Waals surface area contributed by atoms with Crippen molar-refractivity contribution >= 4 is 17.3 Å². The third kappa shape index (κ3) is 3.29. The van der Waals surface area contributed by atoms with Crippen molar-refractivity contribution < 1.29 is 0 Å². The summed E-state index contributed by atoms with van der Waals surface area (Å²) < 4.78 is 2.37. The summed E-state index contributed by atoms with van der Waals surface area (Å²) in [6.45, 7) is 8.22. The van der Waals surface area contributed by atoms with E-state index in [9.17, 15) is 0 Å². The minimum atomic E-state index is 0.0449. The van der Waals surface area contributed by atoms with Gasteiger partial charge in [-0.15, -0.1) is 0 Å². The fraction of sp³-hybridized carbons (Fsp3) is 0.318. The molecule has 3 aromatic rings. The molecule has 2 atom stereocenters. The molecule has 0 saturated carbocycles. The molecule has 2 unspecified atom stereocenters. The van der Waals surface area contributed by atoms with Gasteiger partial charge in [0.05, 0.1) is 17.8 Å². The molecule has 1 aliphatic heterocycles. The van der Waals surface area contributed by atoms with E-state index in [0.29, 0.717) is 0 Å². The highest BCUT2D eigenvalue weighted by Gasteiger charge is 2.40. The van der Waals surface area contributed by atoms with Gasteiger partial charge in [-0.2, -0.15) is 0 Å². The molecule has 0 aromatic carbocycles. The van der Waals surface area contributed by atoms with Gasteiger partial charge in [0.2, 0.25) is 0 Å². The van der Waals surface area contributed by atoms with Gasteiger partial charge in [0.1, 0.15) is 0 Å². The lowest BCUT2D eigenvalue weighted by atomic mass is 9.97. The topological polar surface area (TPSA) is 46.0 Å². The molecule has 0 amide bonds. The number of hydrogen-bond acceptors (Lipinski definition) is 3. The fourth-order valence-corrected chi connectivity index (χ4v) is 4.50. The number of nitrogens with zero attached hydrogens (tertiary/aromatic N) is 4. The molecule has 28 heavy (non-hydrogen) atoms. The Labute approximate surface area is 171 Å². The van der Waals surface area contributed by atoms with E-state index in [1.807, 2.05) is 30.7 Å². The summed E-state index contributed by atoms with van der Waals surface area (Å²) in [4.78, 5) is 11.0. The van der Waals surface area contributed by atoms with E-state index in [1.165, 1.54) is 22.5 Å². The molecule has 1 aliphatic rings. The van der Waals surface area contributed by atoms with Crippen molar-refractivity contribution in [3.8, 4) is 0 Å². The molecule has 6 heteroatoms. The summed E-state index contributed by atoms with van der Waals surface area (Å²) in [5.41, 5.74) is 6.08. The molecular formula is C22H25N5S. The fourth-order valence-electron chi connectivity index (χ4n) is 4.13. The van der Waals surface area contributed by atoms with Crippen LogP contribution in [0, 0.1) is 13.8 Å². The number of hydrogen-bond donors (Lipinski definition) is 1. The Morgan fingerprint density at radius 1 is 1.11 bits per heavy atom. The van der Waals surface area contributed by atoms with Gasteiger partial charge in [-0.1, -0.05) is 6.07 Å². The molecule has 0 spiro atoms. The van der Waals surface area contributed by atoms with Crippen LogP contribution in [0.2, 0.25) is 0 Å². The van der Waals surface area contributed by atoms with Crippen molar-refractivity contribution in [2.24, 2.45) is 0 Å². The quantitative estimate of drug-likeness (QED) is 0.668. The zero-order valence-electron chi connectivity index (χ0n) is 16.5. The maximum absolute atomic E-state index is 5.65. The normalized spacial score (nSPS) is 19.1. The van der Waals surface area contributed by atoms with Gasteiger partial charge in [-0.3, -0.25) is 9.97 Å². The first-order chi connectivity index (χ1) is 13.6. The minimum Gasteiger partial charge on any atom is -0.352 e. The molecule has 144 valence electrons. The Kier molecular flexibility index (Phi) is 5.13. The molecule has 5 nitrogen and oxygen atoms in total. The van der Waals surface area contributed by atoms with E-state index in [2.05, 4.69) is 69.8 Å². The molecule has 3 aromatic heterocycles. The molecule has 4 rings (SSSR count). The highest BCUT2D eigenvalue weighted by Crippen LogP contribution is 2.40. The summed E-state index contributed by atoms with van der Waals surface area (Å²) in [5, 5.41) is 4.30. The SMILES string of the molecule is CCN1C(=S)NC(c2ccccn2)C1c1cc(C)n(Cc2ccncc2)c1C. The van der Waals surface area contributed by atoms with Crippen LogP contribution in [0.25, 0.3) is 0 Å². The van der Waals surface area contributed by atoms with Gasteiger partial charge in [0.25, 0.3) is 0 Å². The van der Waals surface area contributed by atoms with Crippen molar-refractivity contribution in [1.82, 2.24) is 24.8 Å². The Balaban J connectivity index is 1.75. The lowest BCUT2D eigenvalue weighted by Crippen LogP contribution is -2.29. The highest BCUT2D eigenvalue weighted by molar-refractivity contribution is 7.80.